The topological polar surface area (TPSA) is 61.9 Å². The van der Waals surface area contributed by atoms with Crippen LogP contribution in [-0.4, -0.2) is 33.0 Å². The zero-order chi connectivity index (χ0) is 22.0. The minimum absolute atomic E-state index is 0.248. The smallest absolute Gasteiger partial charge is 0.282 e. The first-order valence-electron chi connectivity index (χ1n) is 9.86. The molecule has 156 valence electrons. The highest BCUT2D eigenvalue weighted by Gasteiger charge is 2.40. The van der Waals surface area contributed by atoms with Crippen LogP contribution in [0.4, 0.5) is 17.1 Å². The molecule has 1 aliphatic heterocycles. The third kappa shape index (κ3) is 3.88. The molecule has 0 aromatic heterocycles. The number of ether oxygens (including phenoxy) is 1. The molecule has 1 N–H and O–H groups in total. The third-order valence-corrected chi connectivity index (χ3v) is 5.13. The predicted octanol–water partition coefficient (Wildman–Crippen LogP) is 4.16. The largest absolute Gasteiger partial charge is 0.497 e. The van der Waals surface area contributed by atoms with Gasteiger partial charge in [-0.1, -0.05) is 30.3 Å². The van der Waals surface area contributed by atoms with E-state index in [-0.39, 0.29) is 11.6 Å². The van der Waals surface area contributed by atoms with E-state index >= 15 is 0 Å². The van der Waals surface area contributed by atoms with E-state index in [4.69, 9.17) is 4.74 Å². The van der Waals surface area contributed by atoms with Gasteiger partial charge in [0, 0.05) is 25.5 Å². The molecule has 6 nitrogen and oxygen atoms in total. The number of nitrogens with zero attached hydrogens (tertiary/aromatic N) is 2. The van der Waals surface area contributed by atoms with Crippen molar-refractivity contribution in [3.63, 3.8) is 0 Å². The molecule has 0 aliphatic carbocycles. The van der Waals surface area contributed by atoms with Gasteiger partial charge < -0.3 is 15.0 Å². The Morgan fingerprint density at radius 3 is 2.03 bits per heavy atom. The van der Waals surface area contributed by atoms with Gasteiger partial charge in [-0.05, 0) is 54.1 Å². The lowest BCUT2D eigenvalue weighted by Gasteiger charge is -2.18. The average Bonchev–Trinajstić information content (AvgIpc) is 3.04. The van der Waals surface area contributed by atoms with E-state index in [0.717, 1.165) is 5.69 Å². The summed E-state index contributed by atoms with van der Waals surface area (Å²) in [6, 6.07) is 23.8. The zero-order valence-corrected chi connectivity index (χ0v) is 17.6. The number of carbonyl (C=O) groups excluding carboxylic acids is 2. The molecule has 6 heteroatoms. The van der Waals surface area contributed by atoms with Crippen LogP contribution in [0.1, 0.15) is 5.56 Å². The van der Waals surface area contributed by atoms with Crippen LogP contribution >= 0.6 is 0 Å². The maximum Gasteiger partial charge on any atom is 0.282 e. The minimum Gasteiger partial charge on any atom is -0.497 e. The lowest BCUT2D eigenvalue weighted by atomic mass is 10.0. The molecule has 4 rings (SSSR count). The number of hydrogen-bond acceptors (Lipinski definition) is 5. The zero-order valence-electron chi connectivity index (χ0n) is 17.6. The molecule has 0 spiro atoms. The second kappa shape index (κ2) is 8.36. The van der Waals surface area contributed by atoms with Gasteiger partial charge in [0.2, 0.25) is 0 Å². The Kier molecular flexibility index (Phi) is 5.45. The molecule has 0 saturated carbocycles. The van der Waals surface area contributed by atoms with Gasteiger partial charge in [-0.15, -0.1) is 0 Å². The Balaban J connectivity index is 1.74. The van der Waals surface area contributed by atoms with Gasteiger partial charge in [0.1, 0.15) is 11.4 Å². The molecule has 0 saturated heterocycles. The van der Waals surface area contributed by atoms with Gasteiger partial charge in [-0.3, -0.25) is 9.59 Å². The fourth-order valence-corrected chi connectivity index (χ4v) is 3.47. The molecule has 0 bridgehead atoms. The summed E-state index contributed by atoms with van der Waals surface area (Å²) in [6.45, 7) is 0. The molecule has 3 aromatic rings. The molecule has 2 amide bonds. The van der Waals surface area contributed by atoms with Crippen molar-refractivity contribution in [1.29, 1.82) is 0 Å². The van der Waals surface area contributed by atoms with Crippen LogP contribution in [0, 0.1) is 0 Å². The highest BCUT2D eigenvalue weighted by Crippen LogP contribution is 2.34. The van der Waals surface area contributed by atoms with E-state index in [2.05, 4.69) is 5.32 Å². The van der Waals surface area contributed by atoms with Crippen molar-refractivity contribution in [1.82, 2.24) is 0 Å². The Labute approximate surface area is 181 Å². The average molecular weight is 413 g/mol. The molecule has 1 aliphatic rings. The van der Waals surface area contributed by atoms with Crippen molar-refractivity contribution in [2.24, 2.45) is 0 Å². The highest BCUT2D eigenvalue weighted by molar-refractivity contribution is 6.46. The summed E-state index contributed by atoms with van der Waals surface area (Å²) in [4.78, 5) is 30.0. The number of anilines is 3. The Morgan fingerprint density at radius 2 is 1.45 bits per heavy atom. The number of amides is 2. The summed E-state index contributed by atoms with van der Waals surface area (Å²) in [6.07, 6.45) is 0. The van der Waals surface area contributed by atoms with Gasteiger partial charge in [0.05, 0.1) is 18.4 Å². The lowest BCUT2D eigenvalue weighted by Crippen LogP contribution is -2.32. The van der Waals surface area contributed by atoms with Crippen LogP contribution < -0.4 is 19.9 Å². The number of carbonyl (C=O) groups is 2. The van der Waals surface area contributed by atoms with E-state index in [1.54, 1.807) is 43.5 Å². The molecule has 1 heterocycles. The van der Waals surface area contributed by atoms with Gasteiger partial charge in [0.25, 0.3) is 11.8 Å². The number of rotatable bonds is 6. The predicted molar refractivity (Wildman–Crippen MR) is 123 cm³/mol. The molecule has 0 unspecified atom stereocenters. The molecule has 0 fully saturated rings. The second-order valence-corrected chi connectivity index (χ2v) is 7.33. The lowest BCUT2D eigenvalue weighted by molar-refractivity contribution is -0.120. The van der Waals surface area contributed by atoms with Crippen molar-refractivity contribution in [3.8, 4) is 5.75 Å². The van der Waals surface area contributed by atoms with Gasteiger partial charge >= 0.3 is 0 Å². The first kappa shape index (κ1) is 20.2. The molecule has 0 radical (unpaired) electrons. The van der Waals surface area contributed by atoms with Crippen molar-refractivity contribution in [2.75, 3.05) is 36.3 Å². The van der Waals surface area contributed by atoms with E-state index < -0.39 is 5.91 Å². The van der Waals surface area contributed by atoms with E-state index in [1.165, 1.54) is 4.90 Å². The van der Waals surface area contributed by atoms with Crippen LogP contribution in [0.15, 0.2) is 84.6 Å². The fourth-order valence-electron chi connectivity index (χ4n) is 3.47. The number of hydrogen-bond donors (Lipinski definition) is 1. The SMILES string of the molecule is COc1ccc(NC2=C(c3ccccc3)C(=O)N(c3ccc(N(C)C)cc3)C2=O)cc1. The number of imide groups is 1. The number of benzene rings is 3. The summed E-state index contributed by atoms with van der Waals surface area (Å²) in [5.41, 5.74) is 3.48. The molecular formula is C25H23N3O3. The third-order valence-electron chi connectivity index (χ3n) is 5.13. The van der Waals surface area contributed by atoms with Crippen LogP contribution in [0.3, 0.4) is 0 Å². The maximum absolute atomic E-state index is 13.4. The van der Waals surface area contributed by atoms with Crippen LogP contribution in [-0.2, 0) is 9.59 Å². The summed E-state index contributed by atoms with van der Waals surface area (Å²) in [5.74, 6) is -0.0404. The van der Waals surface area contributed by atoms with Crippen molar-refractivity contribution >= 4 is 34.4 Å². The Bertz CT molecular complexity index is 1130. The normalized spacial score (nSPS) is 13.6. The summed E-state index contributed by atoms with van der Waals surface area (Å²) < 4.78 is 5.20. The molecule has 0 atom stereocenters. The van der Waals surface area contributed by atoms with Crippen molar-refractivity contribution in [2.45, 2.75) is 0 Å². The van der Waals surface area contributed by atoms with E-state index in [1.807, 2.05) is 61.5 Å². The van der Waals surface area contributed by atoms with Gasteiger partial charge in [-0.2, -0.15) is 0 Å². The maximum atomic E-state index is 13.4. The van der Waals surface area contributed by atoms with E-state index in [9.17, 15) is 9.59 Å². The molecule has 3 aromatic carbocycles. The van der Waals surface area contributed by atoms with Crippen LogP contribution in [0.5, 0.6) is 5.75 Å². The number of nitrogens with one attached hydrogen (secondary N) is 1. The Hall–Kier alpha value is -4.06. The Morgan fingerprint density at radius 1 is 0.806 bits per heavy atom. The minimum atomic E-state index is -0.391. The first-order chi connectivity index (χ1) is 15.0. The van der Waals surface area contributed by atoms with Crippen LogP contribution in [0.2, 0.25) is 0 Å². The van der Waals surface area contributed by atoms with Gasteiger partial charge in [0.15, 0.2) is 0 Å². The molecule has 31 heavy (non-hydrogen) atoms. The standard InChI is InChI=1S/C25H23N3O3/c1-27(2)19-11-13-20(14-12-19)28-24(29)22(17-7-5-4-6-8-17)23(25(28)30)26-18-9-15-21(31-3)16-10-18/h4-16,26H,1-3H3. The highest BCUT2D eigenvalue weighted by atomic mass is 16.5. The van der Waals surface area contributed by atoms with Crippen LogP contribution in [0.25, 0.3) is 5.57 Å². The second-order valence-electron chi connectivity index (χ2n) is 7.33. The summed E-state index contributed by atoms with van der Waals surface area (Å²) in [7, 11) is 5.47. The number of methoxy groups -OCH3 is 1. The summed E-state index contributed by atoms with van der Waals surface area (Å²) in [5, 5.41) is 3.15. The quantitative estimate of drug-likeness (QED) is 0.615. The van der Waals surface area contributed by atoms with Crippen molar-refractivity contribution < 1.29 is 14.3 Å². The first-order valence-corrected chi connectivity index (χ1v) is 9.86. The monoisotopic (exact) mass is 413 g/mol. The van der Waals surface area contributed by atoms with E-state index in [0.29, 0.717) is 28.3 Å². The van der Waals surface area contributed by atoms with Crippen molar-refractivity contribution in [3.05, 3.63) is 90.1 Å². The van der Waals surface area contributed by atoms with Gasteiger partial charge in [-0.25, -0.2) is 4.90 Å². The molecular weight excluding hydrogens is 390 g/mol. The fraction of sp³-hybridized carbons (Fsp3) is 0.120. The summed E-state index contributed by atoms with van der Waals surface area (Å²) >= 11 is 0.